The lowest BCUT2D eigenvalue weighted by Crippen LogP contribution is -2.24. The number of carbonyl (C=O) groups is 1. The molecular formula is C12H9FN4O3. The molecule has 0 aliphatic rings. The van der Waals surface area contributed by atoms with Crippen LogP contribution in [0.15, 0.2) is 36.8 Å². The summed E-state index contributed by atoms with van der Waals surface area (Å²) in [5, 5.41) is 13.2. The van der Waals surface area contributed by atoms with E-state index in [-0.39, 0.29) is 12.1 Å². The third kappa shape index (κ3) is 3.10. The molecule has 0 saturated heterocycles. The van der Waals surface area contributed by atoms with Gasteiger partial charge in [0.05, 0.1) is 17.2 Å². The van der Waals surface area contributed by atoms with E-state index in [4.69, 9.17) is 0 Å². The van der Waals surface area contributed by atoms with Crippen LogP contribution in [0.2, 0.25) is 0 Å². The van der Waals surface area contributed by atoms with Gasteiger partial charge in [0.2, 0.25) is 0 Å². The van der Waals surface area contributed by atoms with Crippen molar-refractivity contribution in [3.63, 3.8) is 0 Å². The van der Waals surface area contributed by atoms with Gasteiger partial charge in [-0.05, 0) is 18.2 Å². The van der Waals surface area contributed by atoms with E-state index in [2.05, 4.69) is 15.3 Å². The number of halogens is 1. The van der Waals surface area contributed by atoms with E-state index in [0.717, 1.165) is 18.2 Å². The first kappa shape index (κ1) is 13.5. The van der Waals surface area contributed by atoms with Gasteiger partial charge in [0, 0.05) is 12.3 Å². The van der Waals surface area contributed by atoms with Crippen LogP contribution in [0.3, 0.4) is 0 Å². The number of benzene rings is 1. The maximum Gasteiger partial charge on any atom is 0.282 e. The molecule has 2 rings (SSSR count). The second kappa shape index (κ2) is 5.83. The van der Waals surface area contributed by atoms with Crippen molar-refractivity contribution in [2.24, 2.45) is 0 Å². The van der Waals surface area contributed by atoms with Crippen molar-refractivity contribution in [1.29, 1.82) is 0 Å². The van der Waals surface area contributed by atoms with E-state index >= 15 is 0 Å². The minimum atomic E-state index is -0.741. The molecule has 1 aromatic carbocycles. The Bertz CT molecular complexity index is 648. The predicted octanol–water partition coefficient (Wildman–Crippen LogP) is 1.45. The first-order valence-corrected chi connectivity index (χ1v) is 5.55. The van der Waals surface area contributed by atoms with Crippen molar-refractivity contribution < 1.29 is 14.1 Å². The second-order valence-electron chi connectivity index (χ2n) is 3.80. The molecule has 0 aliphatic heterocycles. The number of hydrogen-bond donors (Lipinski definition) is 1. The van der Waals surface area contributed by atoms with Crippen LogP contribution in [0.5, 0.6) is 0 Å². The number of nitro groups is 1. The molecule has 102 valence electrons. The molecular weight excluding hydrogens is 267 g/mol. The number of amides is 1. The smallest absolute Gasteiger partial charge is 0.282 e. The lowest BCUT2D eigenvalue weighted by Gasteiger charge is -2.05. The van der Waals surface area contributed by atoms with Gasteiger partial charge in [-0.15, -0.1) is 0 Å². The molecule has 1 aromatic heterocycles. The first-order chi connectivity index (χ1) is 9.58. The summed E-state index contributed by atoms with van der Waals surface area (Å²) in [5.41, 5.74) is -0.247. The van der Waals surface area contributed by atoms with Crippen molar-refractivity contribution >= 4 is 11.6 Å². The molecule has 0 bridgehead atoms. The third-order valence-electron chi connectivity index (χ3n) is 2.47. The van der Waals surface area contributed by atoms with E-state index in [9.17, 15) is 19.3 Å². The fraction of sp³-hybridized carbons (Fsp3) is 0.0833. The minimum absolute atomic E-state index is 0.0645. The fourth-order valence-corrected chi connectivity index (χ4v) is 1.54. The topological polar surface area (TPSA) is 98.0 Å². The normalized spacial score (nSPS) is 10.1. The molecule has 1 heterocycles. The summed E-state index contributed by atoms with van der Waals surface area (Å²) in [4.78, 5) is 29.5. The number of carbonyl (C=O) groups excluding carboxylic acids is 1. The molecule has 2 aromatic rings. The Morgan fingerprint density at radius 1 is 1.40 bits per heavy atom. The van der Waals surface area contributed by atoms with Gasteiger partial charge in [-0.2, -0.15) is 0 Å². The molecule has 0 atom stereocenters. The maximum atomic E-state index is 13.1. The standard InChI is InChI=1S/C12H9FN4O3/c13-8-1-2-11(17(19)20)10(5-8)12(18)15-6-9-3-4-14-7-16-9/h1-5,7H,6H2,(H,15,18). The average molecular weight is 276 g/mol. The van der Waals surface area contributed by atoms with Gasteiger partial charge in [0.15, 0.2) is 0 Å². The predicted molar refractivity (Wildman–Crippen MR) is 66.3 cm³/mol. The van der Waals surface area contributed by atoms with Crippen molar-refractivity contribution in [3.05, 3.63) is 64.0 Å². The Kier molecular flexibility index (Phi) is 3.94. The number of aromatic nitrogens is 2. The summed E-state index contributed by atoms with van der Waals surface area (Å²) in [6.45, 7) is 0.0645. The lowest BCUT2D eigenvalue weighted by atomic mass is 10.1. The Hall–Kier alpha value is -2.90. The number of hydrogen-bond acceptors (Lipinski definition) is 5. The van der Waals surface area contributed by atoms with Crippen LogP contribution >= 0.6 is 0 Å². The van der Waals surface area contributed by atoms with E-state index < -0.39 is 22.3 Å². The van der Waals surface area contributed by atoms with Gasteiger partial charge in [-0.1, -0.05) is 0 Å². The zero-order valence-corrected chi connectivity index (χ0v) is 10.1. The monoisotopic (exact) mass is 276 g/mol. The quantitative estimate of drug-likeness (QED) is 0.673. The molecule has 1 N–H and O–H groups in total. The maximum absolute atomic E-state index is 13.1. The van der Waals surface area contributed by atoms with Crippen molar-refractivity contribution in [2.45, 2.75) is 6.54 Å². The third-order valence-corrected chi connectivity index (χ3v) is 2.47. The molecule has 0 radical (unpaired) electrons. The average Bonchev–Trinajstić information content (AvgIpc) is 2.45. The van der Waals surface area contributed by atoms with Gasteiger partial charge < -0.3 is 5.32 Å². The fourth-order valence-electron chi connectivity index (χ4n) is 1.54. The zero-order valence-electron chi connectivity index (χ0n) is 10.1. The number of nitro benzene ring substituents is 1. The van der Waals surface area contributed by atoms with E-state index in [1.54, 1.807) is 6.07 Å². The highest BCUT2D eigenvalue weighted by Crippen LogP contribution is 2.19. The van der Waals surface area contributed by atoms with E-state index in [1.807, 2.05) is 0 Å². The Morgan fingerprint density at radius 3 is 2.85 bits per heavy atom. The first-order valence-electron chi connectivity index (χ1n) is 5.55. The number of nitrogens with one attached hydrogen (secondary N) is 1. The molecule has 0 aliphatic carbocycles. The van der Waals surface area contributed by atoms with Crippen molar-refractivity contribution in [2.75, 3.05) is 0 Å². The Balaban J connectivity index is 2.17. The SMILES string of the molecule is O=C(NCc1ccncn1)c1cc(F)ccc1[N+](=O)[O-]. The molecule has 0 fully saturated rings. The summed E-state index contributed by atoms with van der Waals surface area (Å²) < 4.78 is 13.1. The molecule has 0 saturated carbocycles. The van der Waals surface area contributed by atoms with Gasteiger partial charge in [-0.25, -0.2) is 14.4 Å². The minimum Gasteiger partial charge on any atom is -0.346 e. The van der Waals surface area contributed by atoms with Crippen LogP contribution in [0.25, 0.3) is 0 Å². The summed E-state index contributed by atoms with van der Waals surface area (Å²) in [5.74, 6) is -1.46. The van der Waals surface area contributed by atoms with Crippen LogP contribution in [-0.2, 0) is 6.54 Å². The van der Waals surface area contributed by atoms with E-state index in [0.29, 0.717) is 5.69 Å². The zero-order chi connectivity index (χ0) is 14.5. The van der Waals surface area contributed by atoms with Crippen LogP contribution in [-0.4, -0.2) is 20.8 Å². The summed E-state index contributed by atoms with van der Waals surface area (Å²) in [6, 6.07) is 4.29. The summed E-state index contributed by atoms with van der Waals surface area (Å²) in [6.07, 6.45) is 2.81. The van der Waals surface area contributed by atoms with Crippen molar-refractivity contribution in [3.8, 4) is 0 Å². The molecule has 1 amide bonds. The highest BCUT2D eigenvalue weighted by molar-refractivity contribution is 5.98. The molecule has 7 nitrogen and oxygen atoms in total. The van der Waals surface area contributed by atoms with E-state index in [1.165, 1.54) is 12.5 Å². The number of nitrogens with zero attached hydrogens (tertiary/aromatic N) is 3. The highest BCUT2D eigenvalue weighted by atomic mass is 19.1. The summed E-state index contributed by atoms with van der Waals surface area (Å²) >= 11 is 0. The number of rotatable bonds is 4. The summed E-state index contributed by atoms with van der Waals surface area (Å²) in [7, 11) is 0. The molecule has 0 spiro atoms. The van der Waals surface area contributed by atoms with Gasteiger partial charge in [0.25, 0.3) is 11.6 Å². The van der Waals surface area contributed by atoms with Crippen LogP contribution < -0.4 is 5.32 Å². The second-order valence-corrected chi connectivity index (χ2v) is 3.80. The van der Waals surface area contributed by atoms with Crippen LogP contribution in [0.1, 0.15) is 16.1 Å². The highest BCUT2D eigenvalue weighted by Gasteiger charge is 2.20. The Labute approximate surface area is 112 Å². The van der Waals surface area contributed by atoms with Crippen LogP contribution in [0, 0.1) is 15.9 Å². The largest absolute Gasteiger partial charge is 0.346 e. The lowest BCUT2D eigenvalue weighted by molar-refractivity contribution is -0.385. The van der Waals surface area contributed by atoms with Gasteiger partial charge in [0.1, 0.15) is 17.7 Å². The molecule has 20 heavy (non-hydrogen) atoms. The van der Waals surface area contributed by atoms with Crippen molar-refractivity contribution in [1.82, 2.24) is 15.3 Å². The van der Waals surface area contributed by atoms with Gasteiger partial charge in [-0.3, -0.25) is 14.9 Å². The Morgan fingerprint density at radius 2 is 2.20 bits per heavy atom. The molecule has 0 unspecified atom stereocenters. The molecule has 8 heteroatoms. The van der Waals surface area contributed by atoms with Crippen LogP contribution in [0.4, 0.5) is 10.1 Å². The van der Waals surface area contributed by atoms with Gasteiger partial charge >= 0.3 is 0 Å².